The molecule has 2 aromatic carbocycles. The zero-order chi connectivity index (χ0) is 21.9. The summed E-state index contributed by atoms with van der Waals surface area (Å²) in [4.78, 5) is 16.5. The van der Waals surface area contributed by atoms with Gasteiger partial charge >= 0.3 is 5.97 Å². The number of aromatic carboxylic acids is 1. The van der Waals surface area contributed by atoms with Crippen LogP contribution in [0, 0.1) is 11.3 Å². The van der Waals surface area contributed by atoms with E-state index >= 15 is 0 Å². The van der Waals surface area contributed by atoms with Gasteiger partial charge in [0.2, 0.25) is 0 Å². The Morgan fingerprint density at radius 1 is 1.20 bits per heavy atom. The number of carboxylic acids is 1. The molecule has 6 nitrogen and oxygen atoms in total. The number of aliphatic hydroxyl groups is 1. The highest BCUT2D eigenvalue weighted by molar-refractivity contribution is 5.87. The van der Waals surface area contributed by atoms with Crippen LogP contribution in [0.1, 0.15) is 60.3 Å². The van der Waals surface area contributed by atoms with E-state index in [1.165, 1.54) is 13.8 Å². The van der Waals surface area contributed by atoms with E-state index in [1.807, 2.05) is 49.4 Å². The molecule has 3 aromatic rings. The first kappa shape index (κ1) is 21.3. The van der Waals surface area contributed by atoms with Gasteiger partial charge in [-0.3, -0.25) is 0 Å². The first-order valence-corrected chi connectivity index (χ1v) is 9.90. The van der Waals surface area contributed by atoms with Crippen molar-refractivity contribution in [1.29, 1.82) is 5.26 Å². The van der Waals surface area contributed by atoms with E-state index in [9.17, 15) is 20.3 Å². The lowest BCUT2D eigenvalue weighted by Gasteiger charge is -2.16. The van der Waals surface area contributed by atoms with Gasteiger partial charge in [-0.05, 0) is 43.0 Å². The average Bonchev–Trinajstić information content (AvgIpc) is 3.07. The van der Waals surface area contributed by atoms with Crippen molar-refractivity contribution in [2.24, 2.45) is 0 Å². The van der Waals surface area contributed by atoms with E-state index in [1.54, 1.807) is 10.6 Å². The standard InChI is InChI=1S/C24H25N3O3/c1-4-8-20-26-22(24(2,3)30)21(23(28)29)27(20)15-16-11-12-19(18(13-16)14-25)17-9-6-5-7-10-17/h5-7,9-13,30H,4,8,15H2,1-3H3,(H,28,29). The number of carboxylic acid groups (broad SMARTS) is 1. The molecule has 0 atom stereocenters. The molecular formula is C24H25N3O3. The number of hydrogen-bond donors (Lipinski definition) is 2. The smallest absolute Gasteiger partial charge is 0.354 e. The van der Waals surface area contributed by atoms with Crippen LogP contribution >= 0.6 is 0 Å². The van der Waals surface area contributed by atoms with E-state index in [4.69, 9.17) is 0 Å². The van der Waals surface area contributed by atoms with E-state index < -0.39 is 11.6 Å². The van der Waals surface area contributed by atoms with Gasteiger partial charge in [-0.2, -0.15) is 5.26 Å². The van der Waals surface area contributed by atoms with E-state index in [0.29, 0.717) is 17.8 Å². The fraction of sp³-hybridized carbons (Fsp3) is 0.292. The molecule has 0 aliphatic heterocycles. The summed E-state index contributed by atoms with van der Waals surface area (Å²) in [6, 6.07) is 17.5. The minimum Gasteiger partial charge on any atom is -0.477 e. The molecule has 0 radical (unpaired) electrons. The molecule has 0 saturated heterocycles. The van der Waals surface area contributed by atoms with Gasteiger partial charge in [0.1, 0.15) is 17.1 Å². The van der Waals surface area contributed by atoms with Gasteiger partial charge in [-0.1, -0.05) is 49.4 Å². The first-order chi connectivity index (χ1) is 14.3. The minimum absolute atomic E-state index is 0.0170. The van der Waals surface area contributed by atoms with Crippen molar-refractivity contribution in [3.05, 3.63) is 76.9 Å². The SMILES string of the molecule is CCCc1nc(C(C)(C)O)c(C(=O)O)n1Cc1ccc(-c2ccccc2)c(C#N)c1. The van der Waals surface area contributed by atoms with E-state index in [2.05, 4.69) is 11.1 Å². The molecule has 0 aliphatic rings. The van der Waals surface area contributed by atoms with Gasteiger partial charge in [0.05, 0.1) is 11.6 Å². The number of rotatable bonds is 7. The maximum absolute atomic E-state index is 12.0. The summed E-state index contributed by atoms with van der Waals surface area (Å²) in [6.45, 7) is 5.31. The Balaban J connectivity index is 2.09. The molecule has 0 spiro atoms. The van der Waals surface area contributed by atoms with Crippen LogP contribution in [0.25, 0.3) is 11.1 Å². The van der Waals surface area contributed by atoms with Gasteiger partial charge < -0.3 is 14.8 Å². The maximum atomic E-state index is 12.0. The summed E-state index contributed by atoms with van der Waals surface area (Å²) in [7, 11) is 0. The largest absolute Gasteiger partial charge is 0.477 e. The lowest BCUT2D eigenvalue weighted by Crippen LogP contribution is -2.22. The number of carbonyl (C=O) groups is 1. The second-order valence-electron chi connectivity index (χ2n) is 7.78. The Morgan fingerprint density at radius 2 is 1.90 bits per heavy atom. The van der Waals surface area contributed by atoms with Crippen LogP contribution < -0.4 is 0 Å². The van der Waals surface area contributed by atoms with Crippen molar-refractivity contribution >= 4 is 5.97 Å². The molecule has 0 saturated carbocycles. The van der Waals surface area contributed by atoms with Crippen LogP contribution in [-0.4, -0.2) is 25.7 Å². The lowest BCUT2D eigenvalue weighted by atomic mass is 9.98. The Labute approximate surface area is 176 Å². The van der Waals surface area contributed by atoms with Gasteiger partial charge in [-0.15, -0.1) is 0 Å². The number of aromatic nitrogens is 2. The summed E-state index contributed by atoms with van der Waals surface area (Å²) in [5.41, 5.74) is 1.86. The molecule has 1 heterocycles. The lowest BCUT2D eigenvalue weighted by molar-refractivity contribution is 0.0602. The normalized spacial score (nSPS) is 11.3. The monoisotopic (exact) mass is 403 g/mol. The van der Waals surface area contributed by atoms with Crippen molar-refractivity contribution in [3.63, 3.8) is 0 Å². The molecular weight excluding hydrogens is 378 g/mol. The zero-order valence-electron chi connectivity index (χ0n) is 17.4. The van der Waals surface area contributed by atoms with Crippen LogP contribution in [0.4, 0.5) is 0 Å². The number of benzene rings is 2. The second kappa shape index (κ2) is 8.52. The molecule has 2 N–H and O–H groups in total. The molecule has 0 unspecified atom stereocenters. The first-order valence-electron chi connectivity index (χ1n) is 9.90. The molecule has 0 amide bonds. The Hall–Kier alpha value is -3.43. The van der Waals surface area contributed by atoms with Crippen LogP contribution in [0.15, 0.2) is 48.5 Å². The predicted molar refractivity (Wildman–Crippen MR) is 114 cm³/mol. The van der Waals surface area contributed by atoms with Gasteiger partial charge in [0.15, 0.2) is 5.69 Å². The van der Waals surface area contributed by atoms with Crippen LogP contribution in [0.5, 0.6) is 0 Å². The average molecular weight is 403 g/mol. The third kappa shape index (κ3) is 4.27. The third-order valence-electron chi connectivity index (χ3n) is 4.93. The molecule has 30 heavy (non-hydrogen) atoms. The summed E-state index contributed by atoms with van der Waals surface area (Å²) < 4.78 is 1.64. The van der Waals surface area contributed by atoms with Crippen LogP contribution in [0.2, 0.25) is 0 Å². The van der Waals surface area contributed by atoms with Crippen LogP contribution in [-0.2, 0) is 18.6 Å². The molecule has 154 valence electrons. The number of hydrogen-bond acceptors (Lipinski definition) is 4. The van der Waals surface area contributed by atoms with Crippen LogP contribution in [0.3, 0.4) is 0 Å². The Kier molecular flexibility index (Phi) is 6.04. The van der Waals surface area contributed by atoms with Crippen molar-refractivity contribution in [2.75, 3.05) is 0 Å². The highest BCUT2D eigenvalue weighted by Crippen LogP contribution is 2.28. The zero-order valence-corrected chi connectivity index (χ0v) is 17.4. The number of nitrogens with zero attached hydrogens (tertiary/aromatic N) is 3. The van der Waals surface area contributed by atoms with E-state index in [-0.39, 0.29) is 17.9 Å². The molecule has 0 fully saturated rings. The van der Waals surface area contributed by atoms with E-state index in [0.717, 1.165) is 23.1 Å². The summed E-state index contributed by atoms with van der Waals surface area (Å²) in [5, 5.41) is 30.0. The number of nitriles is 1. The summed E-state index contributed by atoms with van der Waals surface area (Å²) >= 11 is 0. The Morgan fingerprint density at radius 3 is 2.47 bits per heavy atom. The fourth-order valence-corrected chi connectivity index (χ4v) is 3.56. The molecule has 1 aromatic heterocycles. The molecule has 3 rings (SSSR count). The highest BCUT2D eigenvalue weighted by atomic mass is 16.4. The fourth-order valence-electron chi connectivity index (χ4n) is 3.56. The quantitative estimate of drug-likeness (QED) is 0.611. The summed E-state index contributed by atoms with van der Waals surface area (Å²) in [6.07, 6.45) is 1.38. The van der Waals surface area contributed by atoms with Crippen molar-refractivity contribution in [1.82, 2.24) is 9.55 Å². The second-order valence-corrected chi connectivity index (χ2v) is 7.78. The highest BCUT2D eigenvalue weighted by Gasteiger charge is 2.31. The number of imidazole rings is 1. The molecule has 0 bridgehead atoms. The van der Waals surface area contributed by atoms with Gasteiger partial charge in [0.25, 0.3) is 0 Å². The van der Waals surface area contributed by atoms with Crippen molar-refractivity contribution in [2.45, 2.75) is 45.8 Å². The topological polar surface area (TPSA) is 99.1 Å². The minimum atomic E-state index is -1.38. The Bertz CT molecular complexity index is 1100. The third-order valence-corrected chi connectivity index (χ3v) is 4.93. The maximum Gasteiger partial charge on any atom is 0.354 e. The molecule has 6 heteroatoms. The van der Waals surface area contributed by atoms with Crippen molar-refractivity contribution < 1.29 is 15.0 Å². The molecule has 0 aliphatic carbocycles. The van der Waals surface area contributed by atoms with Gasteiger partial charge in [0, 0.05) is 13.0 Å². The summed E-state index contributed by atoms with van der Waals surface area (Å²) in [5.74, 6) is -0.527. The van der Waals surface area contributed by atoms with Gasteiger partial charge in [-0.25, -0.2) is 9.78 Å². The number of aryl methyl sites for hydroxylation is 1. The van der Waals surface area contributed by atoms with Crippen molar-refractivity contribution in [3.8, 4) is 17.2 Å². The predicted octanol–water partition coefficient (Wildman–Crippen LogP) is 4.35.